The van der Waals surface area contributed by atoms with Gasteiger partial charge in [0.25, 0.3) is 0 Å². The van der Waals surface area contributed by atoms with Crippen LogP contribution in [0.2, 0.25) is 0 Å². The van der Waals surface area contributed by atoms with Gasteiger partial charge in [-0.15, -0.1) is 0 Å². The maximum absolute atomic E-state index is 12.1. The fourth-order valence-electron chi connectivity index (χ4n) is 3.01. The molecule has 0 spiro atoms. The van der Waals surface area contributed by atoms with Crippen LogP contribution >= 0.6 is 0 Å². The molecule has 3 aromatic heterocycles. The average molecular weight is 421 g/mol. The third-order valence-electron chi connectivity index (χ3n) is 4.48. The van der Waals surface area contributed by atoms with E-state index in [4.69, 9.17) is 13.9 Å². The van der Waals surface area contributed by atoms with Gasteiger partial charge in [-0.3, -0.25) is 4.90 Å². The van der Waals surface area contributed by atoms with Gasteiger partial charge in [-0.1, -0.05) is 6.07 Å². The summed E-state index contributed by atoms with van der Waals surface area (Å²) in [5, 5.41) is 14.1. The van der Waals surface area contributed by atoms with Crippen LogP contribution < -0.4 is 14.4 Å². The number of rotatable bonds is 7. The van der Waals surface area contributed by atoms with E-state index in [1.807, 2.05) is 0 Å². The van der Waals surface area contributed by atoms with Gasteiger partial charge in [0.1, 0.15) is 5.82 Å². The van der Waals surface area contributed by atoms with Crippen LogP contribution in [0.25, 0.3) is 17.4 Å². The minimum Gasteiger partial charge on any atom is -0.493 e. The molecule has 158 valence electrons. The molecule has 4 aromatic rings. The highest BCUT2D eigenvalue weighted by atomic mass is 16.5. The van der Waals surface area contributed by atoms with Crippen molar-refractivity contribution in [1.82, 2.24) is 19.7 Å². The number of furan rings is 1. The molecule has 31 heavy (non-hydrogen) atoms. The molecule has 0 unspecified atom stereocenters. The second-order valence-electron chi connectivity index (χ2n) is 6.39. The zero-order valence-electron chi connectivity index (χ0n) is 16.8. The number of hydrogen-bond donors (Lipinski definition) is 1. The van der Waals surface area contributed by atoms with Crippen molar-refractivity contribution < 1.29 is 23.8 Å². The monoisotopic (exact) mass is 421 g/mol. The van der Waals surface area contributed by atoms with Crippen LogP contribution in [0.15, 0.2) is 65.5 Å². The molecule has 0 aliphatic rings. The van der Waals surface area contributed by atoms with E-state index in [9.17, 15) is 9.90 Å². The van der Waals surface area contributed by atoms with E-state index in [-0.39, 0.29) is 18.2 Å². The number of hydrogen-bond acceptors (Lipinski definition) is 7. The summed E-state index contributed by atoms with van der Waals surface area (Å²) >= 11 is 0. The van der Waals surface area contributed by atoms with Crippen molar-refractivity contribution >= 4 is 11.9 Å². The summed E-state index contributed by atoms with van der Waals surface area (Å²) in [6.07, 6.45) is 3.63. The number of carboxylic acid groups (broad SMARTS) is 1. The molecule has 4 rings (SSSR count). The Labute approximate surface area is 177 Å². The molecule has 0 saturated heterocycles. The topological polar surface area (TPSA) is 116 Å². The molecule has 1 amide bonds. The first-order chi connectivity index (χ1) is 15.1. The van der Waals surface area contributed by atoms with Crippen LogP contribution in [0.5, 0.6) is 11.5 Å². The van der Waals surface area contributed by atoms with Gasteiger partial charge in [0.2, 0.25) is 0 Å². The molecule has 0 bridgehead atoms. The quantitative estimate of drug-likeness (QED) is 0.481. The van der Waals surface area contributed by atoms with E-state index < -0.39 is 6.09 Å². The fourth-order valence-corrected chi connectivity index (χ4v) is 3.01. The first-order valence-corrected chi connectivity index (χ1v) is 9.23. The highest BCUT2D eigenvalue weighted by Crippen LogP contribution is 2.29. The molecule has 10 heteroatoms. The predicted octanol–water partition coefficient (Wildman–Crippen LogP) is 3.62. The van der Waals surface area contributed by atoms with Gasteiger partial charge >= 0.3 is 6.09 Å². The van der Waals surface area contributed by atoms with Crippen molar-refractivity contribution in [3.05, 3.63) is 66.7 Å². The summed E-state index contributed by atoms with van der Waals surface area (Å²) in [4.78, 5) is 22.1. The highest BCUT2D eigenvalue weighted by Gasteiger charge is 2.21. The Hall–Kier alpha value is -4.34. The van der Waals surface area contributed by atoms with Crippen LogP contribution in [0.1, 0.15) is 5.56 Å². The van der Waals surface area contributed by atoms with E-state index >= 15 is 0 Å². The van der Waals surface area contributed by atoms with Crippen molar-refractivity contribution in [1.29, 1.82) is 0 Å². The first-order valence-electron chi connectivity index (χ1n) is 9.23. The summed E-state index contributed by atoms with van der Waals surface area (Å²) < 4.78 is 17.5. The van der Waals surface area contributed by atoms with Crippen LogP contribution in [-0.4, -0.2) is 45.2 Å². The molecule has 1 N–H and O–H groups in total. The normalized spacial score (nSPS) is 10.6. The van der Waals surface area contributed by atoms with Crippen molar-refractivity contribution in [2.24, 2.45) is 0 Å². The molecule has 0 saturated carbocycles. The van der Waals surface area contributed by atoms with Crippen LogP contribution in [-0.2, 0) is 6.54 Å². The Bertz CT molecular complexity index is 1120. The van der Waals surface area contributed by atoms with E-state index in [1.54, 1.807) is 54.9 Å². The molecular weight excluding hydrogens is 402 g/mol. The minimum atomic E-state index is -1.18. The lowest BCUT2D eigenvalue weighted by Gasteiger charge is -2.20. The molecule has 0 atom stereocenters. The van der Waals surface area contributed by atoms with Crippen molar-refractivity contribution in [2.75, 3.05) is 19.1 Å². The molecule has 0 radical (unpaired) electrons. The molecule has 0 aliphatic carbocycles. The second-order valence-corrected chi connectivity index (χ2v) is 6.39. The SMILES string of the molecule is COc1ccc(CN(C(=O)O)c2cc(-n3cccn3)nc(-c3ccco3)n2)cc1OC. The molecule has 3 heterocycles. The maximum atomic E-state index is 12.1. The number of amides is 1. The van der Waals surface area contributed by atoms with Crippen molar-refractivity contribution in [3.8, 4) is 28.9 Å². The standard InChI is InChI=1S/C21H19N5O5/c1-29-15-7-6-14(11-17(15)30-2)13-25(21(27)28)18-12-19(26-9-4-8-22-26)24-20(23-18)16-5-3-10-31-16/h3-12H,13H2,1-2H3,(H,27,28). The lowest BCUT2D eigenvalue weighted by Crippen LogP contribution is -2.30. The van der Waals surface area contributed by atoms with Gasteiger partial charge in [0.05, 0.1) is 27.0 Å². The van der Waals surface area contributed by atoms with Gasteiger partial charge in [-0.2, -0.15) is 5.10 Å². The zero-order valence-corrected chi connectivity index (χ0v) is 16.8. The summed E-state index contributed by atoms with van der Waals surface area (Å²) in [5.74, 6) is 2.28. The van der Waals surface area contributed by atoms with Gasteiger partial charge in [-0.25, -0.2) is 19.4 Å². The third-order valence-corrected chi connectivity index (χ3v) is 4.48. The Morgan fingerprint density at radius 2 is 1.97 bits per heavy atom. The number of methoxy groups -OCH3 is 2. The number of carbonyl (C=O) groups is 1. The van der Waals surface area contributed by atoms with E-state index in [2.05, 4.69) is 15.1 Å². The number of anilines is 1. The molecule has 10 nitrogen and oxygen atoms in total. The predicted molar refractivity (Wildman–Crippen MR) is 111 cm³/mol. The largest absolute Gasteiger partial charge is 0.493 e. The Kier molecular flexibility index (Phi) is 5.52. The molecular formula is C21H19N5O5. The maximum Gasteiger partial charge on any atom is 0.413 e. The molecule has 0 aliphatic heterocycles. The Morgan fingerprint density at radius 1 is 1.13 bits per heavy atom. The summed E-state index contributed by atoms with van der Waals surface area (Å²) in [5.41, 5.74) is 0.693. The van der Waals surface area contributed by atoms with Crippen molar-refractivity contribution in [3.63, 3.8) is 0 Å². The number of ether oxygens (including phenoxy) is 2. The van der Waals surface area contributed by atoms with E-state index in [0.717, 1.165) is 4.90 Å². The highest BCUT2D eigenvalue weighted by molar-refractivity contribution is 5.85. The average Bonchev–Trinajstić information content (AvgIpc) is 3.51. The number of nitrogens with zero attached hydrogens (tertiary/aromatic N) is 5. The van der Waals surface area contributed by atoms with Crippen LogP contribution in [0, 0.1) is 0 Å². The Balaban J connectivity index is 1.77. The summed E-state index contributed by atoms with van der Waals surface area (Å²) in [6.45, 7) is 0.0306. The number of aromatic nitrogens is 4. The third kappa shape index (κ3) is 4.17. The fraction of sp³-hybridized carbons (Fsp3) is 0.143. The molecule has 0 fully saturated rings. The van der Waals surface area contributed by atoms with Crippen LogP contribution in [0.4, 0.5) is 10.6 Å². The lowest BCUT2D eigenvalue weighted by molar-refractivity contribution is 0.201. The van der Waals surface area contributed by atoms with Gasteiger partial charge in [-0.05, 0) is 35.9 Å². The first kappa shape index (κ1) is 20.0. The van der Waals surface area contributed by atoms with Gasteiger partial charge in [0, 0.05) is 18.5 Å². The van der Waals surface area contributed by atoms with E-state index in [0.29, 0.717) is 28.6 Å². The van der Waals surface area contributed by atoms with E-state index in [1.165, 1.54) is 25.2 Å². The van der Waals surface area contributed by atoms with Gasteiger partial charge < -0.3 is 19.0 Å². The number of benzene rings is 1. The second kappa shape index (κ2) is 8.57. The zero-order chi connectivity index (χ0) is 21.8. The summed E-state index contributed by atoms with van der Waals surface area (Å²) in [6, 6.07) is 11.9. The molecule has 1 aromatic carbocycles. The minimum absolute atomic E-state index is 0.0306. The Morgan fingerprint density at radius 3 is 2.61 bits per heavy atom. The van der Waals surface area contributed by atoms with Crippen LogP contribution in [0.3, 0.4) is 0 Å². The lowest BCUT2D eigenvalue weighted by atomic mass is 10.2. The van der Waals surface area contributed by atoms with Gasteiger partial charge in [0.15, 0.2) is 28.9 Å². The summed E-state index contributed by atoms with van der Waals surface area (Å²) in [7, 11) is 3.06. The van der Waals surface area contributed by atoms with Crippen molar-refractivity contribution in [2.45, 2.75) is 6.54 Å². The smallest absolute Gasteiger partial charge is 0.413 e.